The van der Waals surface area contributed by atoms with E-state index in [1.165, 1.54) is 17.7 Å². The number of morpholine rings is 1. The summed E-state index contributed by atoms with van der Waals surface area (Å²) in [5.74, 6) is 0.305. The van der Waals surface area contributed by atoms with Gasteiger partial charge in [0.05, 0.1) is 13.2 Å². The number of ether oxygens (including phenoxy) is 1. The molecule has 0 bridgehead atoms. The van der Waals surface area contributed by atoms with Gasteiger partial charge in [-0.3, -0.25) is 14.6 Å². The number of benzene rings is 2. The minimum absolute atomic E-state index is 0.0951. The summed E-state index contributed by atoms with van der Waals surface area (Å²) < 4.78 is 18.6. The third-order valence-electron chi connectivity index (χ3n) is 7.00. The second-order valence-corrected chi connectivity index (χ2v) is 9.83. The monoisotopic (exact) mass is 487 g/mol. The molecule has 7 heteroatoms. The van der Waals surface area contributed by atoms with Crippen molar-refractivity contribution in [2.75, 3.05) is 45.9 Å². The van der Waals surface area contributed by atoms with Crippen LogP contribution in [0, 0.1) is 11.7 Å². The molecule has 184 valence electrons. The van der Waals surface area contributed by atoms with E-state index in [4.69, 9.17) is 16.3 Å². The van der Waals surface area contributed by atoms with Gasteiger partial charge in [0, 0.05) is 50.2 Å². The van der Waals surface area contributed by atoms with Crippen LogP contribution in [0.5, 0.6) is 0 Å². The second-order valence-electron chi connectivity index (χ2n) is 9.39. The smallest absolute Gasteiger partial charge is 0.220 e. The minimum Gasteiger partial charge on any atom is -0.379 e. The zero-order valence-electron chi connectivity index (χ0n) is 19.7. The normalized spacial score (nSPS) is 21.9. The van der Waals surface area contributed by atoms with Crippen molar-refractivity contribution in [2.45, 2.75) is 38.3 Å². The summed E-state index contributed by atoms with van der Waals surface area (Å²) in [6, 6.07) is 15.1. The van der Waals surface area contributed by atoms with E-state index in [-0.39, 0.29) is 11.7 Å². The SMILES string of the molecule is O=C(CC[C@H]1CN(Cc2ccc(Cl)cc2)CC[C@H]1N1CCOCC1)NCCc1ccc(F)cc1. The lowest BCUT2D eigenvalue weighted by Crippen LogP contribution is -2.54. The summed E-state index contributed by atoms with van der Waals surface area (Å²) in [6.45, 7) is 7.07. The maximum atomic E-state index is 13.1. The molecule has 0 radical (unpaired) electrons. The van der Waals surface area contributed by atoms with Crippen LogP contribution in [0.2, 0.25) is 5.02 Å². The molecule has 2 atom stereocenters. The van der Waals surface area contributed by atoms with E-state index in [1.54, 1.807) is 12.1 Å². The summed E-state index contributed by atoms with van der Waals surface area (Å²) in [5, 5.41) is 3.81. The first kappa shape index (κ1) is 25.1. The number of likely N-dealkylation sites (tertiary alicyclic amines) is 1. The predicted octanol–water partition coefficient (Wildman–Crippen LogP) is 4.14. The minimum atomic E-state index is -0.236. The third kappa shape index (κ3) is 7.51. The molecular weight excluding hydrogens is 453 g/mol. The van der Waals surface area contributed by atoms with E-state index in [9.17, 15) is 9.18 Å². The Morgan fingerprint density at radius 3 is 2.47 bits per heavy atom. The lowest BCUT2D eigenvalue weighted by molar-refractivity contribution is -0.121. The number of carbonyl (C=O) groups excluding carboxylic acids is 1. The number of nitrogens with one attached hydrogen (secondary N) is 1. The van der Waals surface area contributed by atoms with Gasteiger partial charge in [0.25, 0.3) is 0 Å². The van der Waals surface area contributed by atoms with Crippen molar-refractivity contribution in [1.29, 1.82) is 0 Å². The van der Waals surface area contributed by atoms with E-state index in [0.29, 0.717) is 31.3 Å². The van der Waals surface area contributed by atoms with Crippen molar-refractivity contribution in [3.8, 4) is 0 Å². The average molecular weight is 488 g/mol. The molecule has 2 heterocycles. The Labute approximate surface area is 207 Å². The van der Waals surface area contributed by atoms with Crippen LogP contribution in [0.3, 0.4) is 0 Å². The number of carbonyl (C=O) groups is 1. The maximum Gasteiger partial charge on any atom is 0.220 e. The van der Waals surface area contributed by atoms with Gasteiger partial charge in [-0.15, -0.1) is 0 Å². The van der Waals surface area contributed by atoms with Crippen LogP contribution in [0.25, 0.3) is 0 Å². The van der Waals surface area contributed by atoms with Gasteiger partial charge in [-0.25, -0.2) is 4.39 Å². The van der Waals surface area contributed by atoms with Gasteiger partial charge in [-0.1, -0.05) is 35.9 Å². The Bertz CT molecular complexity index is 903. The molecule has 0 aromatic heterocycles. The molecule has 2 saturated heterocycles. The summed E-state index contributed by atoms with van der Waals surface area (Å²) in [4.78, 5) is 17.7. The van der Waals surface area contributed by atoms with Crippen molar-refractivity contribution < 1.29 is 13.9 Å². The molecule has 2 aromatic rings. The van der Waals surface area contributed by atoms with Crippen LogP contribution < -0.4 is 5.32 Å². The van der Waals surface area contributed by atoms with Gasteiger partial charge in [0.15, 0.2) is 0 Å². The van der Waals surface area contributed by atoms with E-state index < -0.39 is 0 Å². The Hall–Kier alpha value is -1.99. The topological polar surface area (TPSA) is 44.8 Å². The molecule has 0 unspecified atom stereocenters. The Morgan fingerprint density at radius 1 is 1.03 bits per heavy atom. The zero-order chi connectivity index (χ0) is 23.8. The summed E-state index contributed by atoms with van der Waals surface area (Å²) >= 11 is 6.05. The maximum absolute atomic E-state index is 13.1. The fourth-order valence-corrected chi connectivity index (χ4v) is 5.29. The van der Waals surface area contributed by atoms with E-state index in [1.807, 2.05) is 12.1 Å². The average Bonchev–Trinajstić information content (AvgIpc) is 2.86. The number of nitrogens with zero attached hydrogens (tertiary/aromatic N) is 2. The van der Waals surface area contributed by atoms with Crippen LogP contribution in [-0.2, 0) is 22.5 Å². The van der Waals surface area contributed by atoms with Crippen LogP contribution in [-0.4, -0.2) is 67.7 Å². The van der Waals surface area contributed by atoms with Crippen molar-refractivity contribution in [3.63, 3.8) is 0 Å². The highest BCUT2D eigenvalue weighted by Crippen LogP contribution is 2.28. The molecule has 34 heavy (non-hydrogen) atoms. The van der Waals surface area contributed by atoms with E-state index in [2.05, 4.69) is 27.2 Å². The van der Waals surface area contributed by atoms with Gasteiger partial charge in [-0.2, -0.15) is 0 Å². The van der Waals surface area contributed by atoms with Gasteiger partial charge in [-0.05, 0) is 67.1 Å². The summed E-state index contributed by atoms with van der Waals surface area (Å²) in [5.41, 5.74) is 2.30. The molecule has 4 rings (SSSR count). The standard InChI is InChI=1S/C27H35ClFN3O2/c28-24-6-1-22(2-7-24)19-31-14-12-26(32-15-17-34-18-16-32)23(20-31)5-10-27(33)30-13-11-21-3-8-25(29)9-4-21/h1-4,6-9,23,26H,5,10-20H2,(H,30,33)/t23-,26+/m0/s1. The molecule has 1 amide bonds. The molecule has 0 saturated carbocycles. The summed E-state index contributed by atoms with van der Waals surface area (Å²) in [6.07, 6.45) is 3.23. The van der Waals surface area contributed by atoms with Gasteiger partial charge >= 0.3 is 0 Å². The molecule has 2 fully saturated rings. The number of hydrogen-bond donors (Lipinski definition) is 1. The van der Waals surface area contributed by atoms with E-state index >= 15 is 0 Å². The van der Waals surface area contributed by atoms with Crippen LogP contribution in [0.15, 0.2) is 48.5 Å². The highest BCUT2D eigenvalue weighted by Gasteiger charge is 2.34. The van der Waals surface area contributed by atoms with Crippen molar-refractivity contribution >= 4 is 17.5 Å². The Balaban J connectivity index is 1.29. The first-order valence-corrected chi connectivity index (χ1v) is 12.7. The molecule has 2 aliphatic rings. The second kappa shape index (κ2) is 12.6. The van der Waals surface area contributed by atoms with Gasteiger partial charge in [0.1, 0.15) is 5.82 Å². The zero-order valence-corrected chi connectivity index (χ0v) is 20.5. The highest BCUT2D eigenvalue weighted by atomic mass is 35.5. The van der Waals surface area contributed by atoms with Crippen molar-refractivity contribution in [2.24, 2.45) is 5.92 Å². The molecule has 5 nitrogen and oxygen atoms in total. The first-order valence-electron chi connectivity index (χ1n) is 12.4. The lowest BCUT2D eigenvalue weighted by atomic mass is 9.86. The number of halogens is 2. The molecular formula is C27H35ClFN3O2. The number of rotatable bonds is 9. The van der Waals surface area contributed by atoms with Crippen LogP contribution >= 0.6 is 11.6 Å². The number of hydrogen-bond acceptors (Lipinski definition) is 4. The van der Waals surface area contributed by atoms with Gasteiger partial charge < -0.3 is 10.1 Å². The number of piperidine rings is 1. The third-order valence-corrected chi connectivity index (χ3v) is 7.26. The Morgan fingerprint density at radius 2 is 1.74 bits per heavy atom. The van der Waals surface area contributed by atoms with Crippen molar-refractivity contribution in [3.05, 3.63) is 70.5 Å². The molecule has 2 aliphatic heterocycles. The molecule has 0 spiro atoms. The lowest BCUT2D eigenvalue weighted by Gasteiger charge is -2.45. The van der Waals surface area contributed by atoms with E-state index in [0.717, 1.165) is 69.4 Å². The Kier molecular flexibility index (Phi) is 9.33. The summed E-state index contributed by atoms with van der Waals surface area (Å²) in [7, 11) is 0. The highest BCUT2D eigenvalue weighted by molar-refractivity contribution is 6.30. The molecule has 1 N–H and O–H groups in total. The largest absolute Gasteiger partial charge is 0.379 e. The fourth-order valence-electron chi connectivity index (χ4n) is 5.16. The predicted molar refractivity (Wildman–Crippen MR) is 133 cm³/mol. The quantitative estimate of drug-likeness (QED) is 0.577. The van der Waals surface area contributed by atoms with Gasteiger partial charge in [0.2, 0.25) is 5.91 Å². The fraction of sp³-hybridized carbons (Fsp3) is 0.519. The van der Waals surface area contributed by atoms with Crippen molar-refractivity contribution in [1.82, 2.24) is 15.1 Å². The molecule has 0 aliphatic carbocycles. The molecule has 2 aromatic carbocycles. The van der Waals surface area contributed by atoms with Crippen LogP contribution in [0.1, 0.15) is 30.4 Å². The van der Waals surface area contributed by atoms with Crippen LogP contribution in [0.4, 0.5) is 4.39 Å². The number of amides is 1. The first-order chi connectivity index (χ1) is 16.6.